The number of hydrogen-bond donors (Lipinski definition) is 3. The minimum Gasteiger partial charge on any atom is -0.384 e. The number of rotatable bonds is 7. The summed E-state index contributed by atoms with van der Waals surface area (Å²) < 4.78 is 0. The van der Waals surface area contributed by atoms with Gasteiger partial charge in [-0.1, -0.05) is 18.6 Å². The van der Waals surface area contributed by atoms with E-state index in [1.807, 2.05) is 25.1 Å². The van der Waals surface area contributed by atoms with Crippen LogP contribution in [-0.4, -0.2) is 29.0 Å². The summed E-state index contributed by atoms with van der Waals surface area (Å²) in [6.07, 6.45) is 5.21. The van der Waals surface area contributed by atoms with Crippen LogP contribution in [0.25, 0.3) is 0 Å². The van der Waals surface area contributed by atoms with E-state index in [0.717, 1.165) is 30.0 Å². The average Bonchev–Trinajstić information content (AvgIpc) is 2.99. The third-order valence-electron chi connectivity index (χ3n) is 3.19. The van der Waals surface area contributed by atoms with Gasteiger partial charge in [-0.3, -0.25) is 4.79 Å². The number of aromatic nitrogens is 2. The highest BCUT2D eigenvalue weighted by Gasteiger charge is 2.11. The number of hydrogen-bond acceptors (Lipinski definition) is 3. The van der Waals surface area contributed by atoms with E-state index in [9.17, 15) is 4.79 Å². The number of H-pyrrole nitrogens is 1. The lowest BCUT2D eigenvalue weighted by Gasteiger charge is -2.12. The van der Waals surface area contributed by atoms with Gasteiger partial charge in [0, 0.05) is 37.6 Å². The van der Waals surface area contributed by atoms with Crippen molar-refractivity contribution in [3.63, 3.8) is 0 Å². The van der Waals surface area contributed by atoms with Crippen molar-refractivity contribution >= 4 is 11.6 Å². The van der Waals surface area contributed by atoms with Crippen LogP contribution in [0.4, 0.5) is 5.69 Å². The van der Waals surface area contributed by atoms with E-state index in [0.29, 0.717) is 18.5 Å². The molecule has 0 aliphatic heterocycles. The Kier molecular flexibility index (Phi) is 5.37. The summed E-state index contributed by atoms with van der Waals surface area (Å²) in [5, 5.41) is 6.24. The first kappa shape index (κ1) is 15.1. The largest absolute Gasteiger partial charge is 0.384 e. The lowest BCUT2D eigenvalue weighted by molar-refractivity contribution is 0.0954. The van der Waals surface area contributed by atoms with E-state index in [-0.39, 0.29) is 5.91 Å². The van der Waals surface area contributed by atoms with Crippen molar-refractivity contribution in [3.8, 4) is 0 Å². The summed E-state index contributed by atoms with van der Waals surface area (Å²) in [6.45, 7) is 5.51. The Morgan fingerprint density at radius 3 is 2.90 bits per heavy atom. The standard InChI is InChI=1S/C16H22N4O/c1-3-7-17-14-5-4-12(2)11-13(14)16(21)20-8-6-15-18-9-10-19-15/h4-5,9-11,17H,3,6-8H2,1-2H3,(H,18,19)(H,20,21). The van der Waals surface area contributed by atoms with Gasteiger partial charge in [0.1, 0.15) is 5.82 Å². The molecule has 0 bridgehead atoms. The second kappa shape index (κ2) is 7.47. The highest BCUT2D eigenvalue weighted by Crippen LogP contribution is 2.17. The van der Waals surface area contributed by atoms with Crippen molar-refractivity contribution in [2.24, 2.45) is 0 Å². The minimum absolute atomic E-state index is 0.0520. The molecule has 0 aliphatic carbocycles. The maximum absolute atomic E-state index is 12.3. The molecule has 0 unspecified atom stereocenters. The molecule has 1 heterocycles. The molecular formula is C16H22N4O. The summed E-state index contributed by atoms with van der Waals surface area (Å²) in [7, 11) is 0. The van der Waals surface area contributed by atoms with E-state index in [2.05, 4.69) is 27.5 Å². The molecule has 2 rings (SSSR count). The summed E-state index contributed by atoms with van der Waals surface area (Å²) in [5.41, 5.74) is 2.66. The third-order valence-corrected chi connectivity index (χ3v) is 3.19. The zero-order valence-corrected chi connectivity index (χ0v) is 12.6. The van der Waals surface area contributed by atoms with Crippen LogP contribution in [0.15, 0.2) is 30.6 Å². The van der Waals surface area contributed by atoms with Gasteiger partial charge in [0.05, 0.1) is 5.56 Å². The van der Waals surface area contributed by atoms with Crippen molar-refractivity contribution in [1.82, 2.24) is 15.3 Å². The van der Waals surface area contributed by atoms with E-state index in [1.165, 1.54) is 0 Å². The zero-order valence-electron chi connectivity index (χ0n) is 12.6. The smallest absolute Gasteiger partial charge is 0.253 e. The first-order valence-electron chi connectivity index (χ1n) is 7.31. The van der Waals surface area contributed by atoms with Crippen LogP contribution in [-0.2, 0) is 6.42 Å². The van der Waals surface area contributed by atoms with Gasteiger partial charge in [-0.2, -0.15) is 0 Å². The van der Waals surface area contributed by atoms with Gasteiger partial charge in [-0.25, -0.2) is 4.98 Å². The number of benzene rings is 1. The average molecular weight is 286 g/mol. The van der Waals surface area contributed by atoms with Gasteiger partial charge in [0.25, 0.3) is 5.91 Å². The lowest BCUT2D eigenvalue weighted by Crippen LogP contribution is -2.27. The highest BCUT2D eigenvalue weighted by molar-refractivity contribution is 5.99. The van der Waals surface area contributed by atoms with Crippen LogP contribution < -0.4 is 10.6 Å². The van der Waals surface area contributed by atoms with Crippen molar-refractivity contribution in [2.75, 3.05) is 18.4 Å². The van der Waals surface area contributed by atoms with Gasteiger partial charge in [-0.15, -0.1) is 0 Å². The topological polar surface area (TPSA) is 69.8 Å². The summed E-state index contributed by atoms with van der Waals surface area (Å²) in [4.78, 5) is 19.5. The molecule has 0 spiro atoms. The number of amides is 1. The normalized spacial score (nSPS) is 10.4. The van der Waals surface area contributed by atoms with Gasteiger partial charge < -0.3 is 15.6 Å². The molecule has 0 aliphatic rings. The SMILES string of the molecule is CCCNc1ccc(C)cc1C(=O)NCCc1ncc[nH]1. The molecular weight excluding hydrogens is 264 g/mol. The van der Waals surface area contributed by atoms with Gasteiger partial charge >= 0.3 is 0 Å². The minimum atomic E-state index is -0.0520. The fraction of sp³-hybridized carbons (Fsp3) is 0.375. The molecule has 0 fully saturated rings. The Bertz CT molecular complexity index is 578. The molecule has 5 heteroatoms. The number of carbonyl (C=O) groups excluding carboxylic acids is 1. The maximum Gasteiger partial charge on any atom is 0.253 e. The molecule has 1 amide bonds. The predicted molar refractivity (Wildman–Crippen MR) is 84.6 cm³/mol. The number of anilines is 1. The molecule has 112 valence electrons. The molecule has 0 saturated heterocycles. The molecule has 5 nitrogen and oxygen atoms in total. The van der Waals surface area contributed by atoms with Crippen LogP contribution in [0.2, 0.25) is 0 Å². The second-order valence-electron chi connectivity index (χ2n) is 5.02. The Labute approximate surface area is 125 Å². The number of aromatic amines is 1. The first-order chi connectivity index (χ1) is 10.2. The molecule has 1 aromatic heterocycles. The monoisotopic (exact) mass is 286 g/mol. The molecule has 2 aromatic rings. The van der Waals surface area contributed by atoms with Crippen LogP contribution in [0.1, 0.15) is 35.1 Å². The molecule has 0 saturated carbocycles. The predicted octanol–water partition coefficient (Wildman–Crippen LogP) is 2.51. The lowest BCUT2D eigenvalue weighted by atomic mass is 10.1. The van der Waals surface area contributed by atoms with E-state index < -0.39 is 0 Å². The Hall–Kier alpha value is -2.30. The first-order valence-corrected chi connectivity index (χ1v) is 7.31. The fourth-order valence-corrected chi connectivity index (χ4v) is 2.08. The molecule has 21 heavy (non-hydrogen) atoms. The van der Waals surface area contributed by atoms with E-state index >= 15 is 0 Å². The van der Waals surface area contributed by atoms with Crippen molar-refractivity contribution in [3.05, 3.63) is 47.5 Å². The second-order valence-corrected chi connectivity index (χ2v) is 5.02. The van der Waals surface area contributed by atoms with Crippen LogP contribution >= 0.6 is 0 Å². The van der Waals surface area contributed by atoms with E-state index in [4.69, 9.17) is 0 Å². The fourth-order valence-electron chi connectivity index (χ4n) is 2.08. The molecule has 0 atom stereocenters. The maximum atomic E-state index is 12.3. The highest BCUT2D eigenvalue weighted by atomic mass is 16.1. The summed E-state index contributed by atoms with van der Waals surface area (Å²) >= 11 is 0. The van der Waals surface area contributed by atoms with Crippen LogP contribution in [0.3, 0.4) is 0 Å². The molecule has 3 N–H and O–H groups in total. The molecule has 1 aromatic carbocycles. The zero-order chi connectivity index (χ0) is 15.1. The Balaban J connectivity index is 1.98. The summed E-state index contributed by atoms with van der Waals surface area (Å²) in [5.74, 6) is 0.827. The van der Waals surface area contributed by atoms with Crippen LogP contribution in [0.5, 0.6) is 0 Å². The van der Waals surface area contributed by atoms with Crippen LogP contribution in [0, 0.1) is 6.92 Å². The number of carbonyl (C=O) groups is 1. The number of nitrogens with zero attached hydrogens (tertiary/aromatic N) is 1. The van der Waals surface area contributed by atoms with Gasteiger partial charge in [0.2, 0.25) is 0 Å². The quantitative estimate of drug-likeness (QED) is 0.732. The Morgan fingerprint density at radius 2 is 2.19 bits per heavy atom. The van der Waals surface area contributed by atoms with Crippen molar-refractivity contribution in [1.29, 1.82) is 0 Å². The third kappa shape index (κ3) is 4.34. The summed E-state index contributed by atoms with van der Waals surface area (Å²) in [6, 6.07) is 5.89. The number of imidazole rings is 1. The number of nitrogens with one attached hydrogen (secondary N) is 3. The van der Waals surface area contributed by atoms with Gasteiger partial charge in [-0.05, 0) is 25.5 Å². The van der Waals surface area contributed by atoms with Crippen molar-refractivity contribution < 1.29 is 4.79 Å². The van der Waals surface area contributed by atoms with E-state index in [1.54, 1.807) is 12.4 Å². The van der Waals surface area contributed by atoms with Crippen molar-refractivity contribution in [2.45, 2.75) is 26.7 Å². The Morgan fingerprint density at radius 1 is 1.33 bits per heavy atom. The van der Waals surface area contributed by atoms with Gasteiger partial charge in [0.15, 0.2) is 0 Å². The molecule has 0 radical (unpaired) electrons. The number of aryl methyl sites for hydroxylation is 1.